The summed E-state index contributed by atoms with van der Waals surface area (Å²) in [4.78, 5) is 6.58. The number of likely N-dealkylation sites (N-methyl/N-ethyl adjacent to an activating group) is 1. The SMILES string of the molecule is COCC#Cc1ccc2c(c1)O[C@H](CN(C)Cc1ccccn1)[C@@H](C)CN([C@@H](C)CO)S2(=O)=O. The molecule has 0 saturated heterocycles. The quantitative estimate of drug-likeness (QED) is 0.597. The number of fused-ring (bicyclic) bond motifs is 1. The summed E-state index contributed by atoms with van der Waals surface area (Å²) in [7, 11) is -0.325. The minimum absolute atomic E-state index is 0.0781. The van der Waals surface area contributed by atoms with E-state index in [1.165, 1.54) is 10.4 Å². The van der Waals surface area contributed by atoms with Crippen molar-refractivity contribution in [1.82, 2.24) is 14.2 Å². The van der Waals surface area contributed by atoms with Crippen LogP contribution in [-0.2, 0) is 21.3 Å². The van der Waals surface area contributed by atoms with Crippen LogP contribution in [0.5, 0.6) is 5.75 Å². The van der Waals surface area contributed by atoms with E-state index >= 15 is 0 Å². The largest absolute Gasteiger partial charge is 0.487 e. The van der Waals surface area contributed by atoms with Gasteiger partial charge in [-0.3, -0.25) is 9.88 Å². The summed E-state index contributed by atoms with van der Waals surface area (Å²) in [5.74, 6) is 6.00. The van der Waals surface area contributed by atoms with Crippen molar-refractivity contribution in [3.05, 3.63) is 53.9 Å². The van der Waals surface area contributed by atoms with Crippen LogP contribution >= 0.6 is 0 Å². The van der Waals surface area contributed by atoms with Crippen LogP contribution in [0, 0.1) is 17.8 Å². The lowest BCUT2D eigenvalue weighted by atomic mass is 10.0. The van der Waals surface area contributed by atoms with E-state index in [0.717, 1.165) is 5.69 Å². The number of benzene rings is 1. The fraction of sp³-hybridized carbons (Fsp3) is 0.480. The van der Waals surface area contributed by atoms with E-state index in [0.29, 0.717) is 18.7 Å². The van der Waals surface area contributed by atoms with Gasteiger partial charge >= 0.3 is 0 Å². The van der Waals surface area contributed by atoms with Crippen molar-refractivity contribution in [1.29, 1.82) is 0 Å². The van der Waals surface area contributed by atoms with E-state index in [1.807, 2.05) is 32.2 Å². The molecule has 2 heterocycles. The Balaban J connectivity index is 1.97. The van der Waals surface area contributed by atoms with Gasteiger partial charge in [-0.1, -0.05) is 24.8 Å². The van der Waals surface area contributed by atoms with E-state index in [1.54, 1.807) is 32.4 Å². The van der Waals surface area contributed by atoms with E-state index in [-0.39, 0.29) is 42.4 Å². The Kier molecular flexibility index (Phi) is 9.05. The summed E-state index contributed by atoms with van der Waals surface area (Å²) in [6.45, 7) is 5.12. The minimum atomic E-state index is -3.88. The maximum Gasteiger partial charge on any atom is 0.247 e. The van der Waals surface area contributed by atoms with Gasteiger partial charge in [0.2, 0.25) is 10.0 Å². The molecule has 0 aliphatic carbocycles. The van der Waals surface area contributed by atoms with E-state index < -0.39 is 16.1 Å². The van der Waals surface area contributed by atoms with Gasteiger partial charge in [-0.2, -0.15) is 4.31 Å². The van der Waals surface area contributed by atoms with Gasteiger partial charge in [0.15, 0.2) is 0 Å². The first-order valence-electron chi connectivity index (χ1n) is 11.3. The molecule has 1 aliphatic rings. The van der Waals surface area contributed by atoms with Gasteiger partial charge in [-0.15, -0.1) is 0 Å². The van der Waals surface area contributed by atoms with Crippen LogP contribution in [0.15, 0.2) is 47.5 Å². The molecular formula is C25H33N3O5S. The lowest BCUT2D eigenvalue weighted by Gasteiger charge is -2.37. The van der Waals surface area contributed by atoms with Crippen LogP contribution in [0.3, 0.4) is 0 Å². The predicted molar refractivity (Wildman–Crippen MR) is 130 cm³/mol. The Hall–Kier alpha value is -2.48. The number of aromatic nitrogens is 1. The zero-order valence-electron chi connectivity index (χ0n) is 20.1. The molecule has 3 atom stereocenters. The van der Waals surface area contributed by atoms with E-state index in [9.17, 15) is 13.5 Å². The number of hydrogen-bond donors (Lipinski definition) is 1. The number of sulfonamides is 1. The van der Waals surface area contributed by atoms with Gasteiger partial charge in [0.05, 0.1) is 12.3 Å². The summed E-state index contributed by atoms with van der Waals surface area (Å²) < 4.78 is 39.8. The summed E-state index contributed by atoms with van der Waals surface area (Å²) in [5.41, 5.74) is 1.58. The second-order valence-electron chi connectivity index (χ2n) is 8.65. The van der Waals surface area contributed by atoms with E-state index in [2.05, 4.69) is 21.7 Å². The summed E-state index contributed by atoms with van der Waals surface area (Å²) >= 11 is 0. The molecule has 0 spiro atoms. The van der Waals surface area contributed by atoms with Crippen molar-refractivity contribution in [3.63, 3.8) is 0 Å². The molecular weight excluding hydrogens is 454 g/mol. The third-order valence-electron chi connectivity index (χ3n) is 5.77. The molecule has 0 fully saturated rings. The maximum atomic E-state index is 13.5. The third-order valence-corrected chi connectivity index (χ3v) is 7.79. The van der Waals surface area contributed by atoms with Crippen molar-refractivity contribution in [3.8, 4) is 17.6 Å². The predicted octanol–water partition coefficient (Wildman–Crippen LogP) is 1.98. The zero-order chi connectivity index (χ0) is 24.7. The Morgan fingerprint density at radius 3 is 2.82 bits per heavy atom. The van der Waals surface area contributed by atoms with Crippen LogP contribution < -0.4 is 4.74 Å². The number of hydrogen-bond acceptors (Lipinski definition) is 7. The highest BCUT2D eigenvalue weighted by atomic mass is 32.2. The molecule has 184 valence electrons. The summed E-state index contributed by atoms with van der Waals surface area (Å²) in [5, 5.41) is 9.77. The Labute approximate surface area is 202 Å². The van der Waals surface area contributed by atoms with Crippen LogP contribution in [0.25, 0.3) is 0 Å². The maximum absolute atomic E-state index is 13.5. The van der Waals surface area contributed by atoms with E-state index in [4.69, 9.17) is 9.47 Å². The smallest absolute Gasteiger partial charge is 0.247 e. The third kappa shape index (κ3) is 6.34. The first-order valence-corrected chi connectivity index (χ1v) is 12.7. The number of aliphatic hydroxyl groups excluding tert-OH is 1. The van der Waals surface area contributed by atoms with Crippen molar-refractivity contribution in [2.75, 3.05) is 40.5 Å². The van der Waals surface area contributed by atoms with Crippen molar-refractivity contribution in [2.45, 2.75) is 37.4 Å². The second-order valence-corrected chi connectivity index (χ2v) is 10.5. The molecule has 0 saturated carbocycles. The molecule has 0 amide bonds. The molecule has 8 nitrogen and oxygen atoms in total. The number of pyridine rings is 1. The number of nitrogens with zero attached hydrogens (tertiary/aromatic N) is 3. The highest BCUT2D eigenvalue weighted by Crippen LogP contribution is 2.34. The Bertz CT molecular complexity index is 1110. The standard InChI is InChI=1S/C25H33N3O5S/c1-19-15-28(20(2)18-29)34(30,31)25-11-10-21(8-7-13-32-4)14-23(25)33-24(19)17-27(3)16-22-9-5-6-12-26-22/h5-6,9-12,14,19-20,24,29H,13,15-18H2,1-4H3/t19-,20-,24+/m0/s1. The molecule has 0 radical (unpaired) electrons. The molecule has 2 aromatic rings. The van der Waals surface area contributed by atoms with Gasteiger partial charge in [-0.05, 0) is 44.3 Å². The fourth-order valence-corrected chi connectivity index (χ4v) is 5.70. The monoisotopic (exact) mass is 487 g/mol. The normalized spacial score (nSPS) is 20.9. The van der Waals surface area contributed by atoms with Gasteiger partial charge in [0, 0.05) is 50.5 Å². The van der Waals surface area contributed by atoms with Gasteiger partial charge < -0.3 is 14.6 Å². The molecule has 1 aliphatic heterocycles. The van der Waals surface area contributed by atoms with Crippen LogP contribution in [0.4, 0.5) is 0 Å². The first-order chi connectivity index (χ1) is 16.3. The molecule has 1 N–H and O–H groups in total. The fourth-order valence-electron chi connectivity index (χ4n) is 3.87. The molecule has 0 bridgehead atoms. The highest BCUT2D eigenvalue weighted by molar-refractivity contribution is 7.89. The van der Waals surface area contributed by atoms with Crippen molar-refractivity contribution in [2.24, 2.45) is 5.92 Å². The Morgan fingerprint density at radius 1 is 1.35 bits per heavy atom. The molecule has 0 unspecified atom stereocenters. The molecule has 1 aromatic carbocycles. The van der Waals surface area contributed by atoms with Crippen molar-refractivity contribution >= 4 is 10.0 Å². The Morgan fingerprint density at radius 2 is 2.15 bits per heavy atom. The zero-order valence-corrected chi connectivity index (χ0v) is 21.0. The van der Waals surface area contributed by atoms with Gasteiger partial charge in [0.1, 0.15) is 23.4 Å². The molecule has 34 heavy (non-hydrogen) atoms. The first kappa shape index (κ1) is 26.1. The average Bonchev–Trinajstić information content (AvgIpc) is 2.81. The van der Waals surface area contributed by atoms with Crippen LogP contribution in [0.1, 0.15) is 25.1 Å². The van der Waals surface area contributed by atoms with Crippen LogP contribution in [-0.4, -0.2) is 80.3 Å². The average molecular weight is 488 g/mol. The highest BCUT2D eigenvalue weighted by Gasteiger charge is 2.38. The number of aliphatic hydroxyl groups is 1. The topological polar surface area (TPSA) is 92.2 Å². The summed E-state index contributed by atoms with van der Waals surface area (Å²) in [6, 6.07) is 10.1. The van der Waals surface area contributed by atoms with Gasteiger partial charge in [0.25, 0.3) is 0 Å². The molecule has 1 aromatic heterocycles. The van der Waals surface area contributed by atoms with Crippen LogP contribution in [0.2, 0.25) is 0 Å². The molecule has 9 heteroatoms. The number of methoxy groups -OCH3 is 1. The lowest BCUT2D eigenvalue weighted by Crippen LogP contribution is -2.49. The van der Waals surface area contributed by atoms with Gasteiger partial charge in [-0.25, -0.2) is 8.42 Å². The summed E-state index contributed by atoms with van der Waals surface area (Å²) in [6.07, 6.45) is 1.47. The van der Waals surface area contributed by atoms with Crippen molar-refractivity contribution < 1.29 is 23.0 Å². The lowest BCUT2D eigenvalue weighted by molar-refractivity contribution is 0.0730. The molecule has 3 rings (SSSR count). The number of ether oxygens (including phenoxy) is 2. The minimum Gasteiger partial charge on any atom is -0.487 e. The number of rotatable bonds is 7. The second kappa shape index (κ2) is 11.8.